The fraction of sp³-hybridized carbons (Fsp3) is 0.857. The molecule has 0 radical (unpaired) electrons. The van der Waals surface area contributed by atoms with Gasteiger partial charge in [-0.2, -0.15) is 4.98 Å². The monoisotopic (exact) mass is 267 g/mol. The van der Waals surface area contributed by atoms with Crippen molar-refractivity contribution in [3.05, 3.63) is 11.7 Å². The van der Waals surface area contributed by atoms with Crippen molar-refractivity contribution in [2.24, 2.45) is 5.73 Å². The summed E-state index contributed by atoms with van der Waals surface area (Å²) in [5.74, 6) is 1.78. The number of rotatable bonds is 5. The summed E-state index contributed by atoms with van der Waals surface area (Å²) in [6, 6.07) is 0.336. The second-order valence-corrected chi connectivity index (χ2v) is 5.59. The lowest BCUT2D eigenvalue weighted by atomic mass is 9.86. The smallest absolute Gasteiger partial charge is 0.229 e. The maximum absolute atomic E-state index is 5.92. The molecule has 1 aromatic heterocycles. The average Bonchev–Trinajstić information content (AvgIpc) is 2.90. The van der Waals surface area contributed by atoms with Crippen molar-refractivity contribution in [1.82, 2.24) is 10.1 Å². The Kier molecular flexibility index (Phi) is 4.58. The van der Waals surface area contributed by atoms with E-state index in [4.69, 9.17) is 15.0 Å². The van der Waals surface area contributed by atoms with Crippen molar-refractivity contribution in [3.8, 4) is 0 Å². The summed E-state index contributed by atoms with van der Waals surface area (Å²) < 4.78 is 11.2. The average molecular weight is 267 g/mol. The van der Waals surface area contributed by atoms with E-state index in [1.165, 1.54) is 0 Å². The first-order valence-corrected chi connectivity index (χ1v) is 7.32. The van der Waals surface area contributed by atoms with Crippen molar-refractivity contribution in [2.45, 2.75) is 70.4 Å². The third kappa shape index (κ3) is 3.15. The largest absolute Gasteiger partial charge is 0.367 e. The normalized spacial score (nSPS) is 27.2. The van der Waals surface area contributed by atoms with Gasteiger partial charge in [0.2, 0.25) is 11.7 Å². The molecule has 1 aromatic rings. The van der Waals surface area contributed by atoms with E-state index in [1.54, 1.807) is 0 Å². The van der Waals surface area contributed by atoms with Crippen LogP contribution in [0.15, 0.2) is 4.52 Å². The van der Waals surface area contributed by atoms with Gasteiger partial charge < -0.3 is 15.0 Å². The highest BCUT2D eigenvalue weighted by Crippen LogP contribution is 2.33. The molecule has 0 bridgehead atoms. The van der Waals surface area contributed by atoms with Crippen LogP contribution in [0.4, 0.5) is 0 Å². The molecule has 0 saturated heterocycles. The highest BCUT2D eigenvalue weighted by atomic mass is 16.5. The van der Waals surface area contributed by atoms with Gasteiger partial charge >= 0.3 is 0 Å². The molecule has 19 heavy (non-hydrogen) atoms. The van der Waals surface area contributed by atoms with Crippen LogP contribution in [0.1, 0.15) is 70.5 Å². The first-order valence-electron chi connectivity index (χ1n) is 7.32. The fourth-order valence-electron chi connectivity index (χ4n) is 2.63. The Balaban J connectivity index is 2.10. The Morgan fingerprint density at radius 3 is 2.58 bits per heavy atom. The first-order chi connectivity index (χ1) is 9.09. The fourth-order valence-corrected chi connectivity index (χ4v) is 2.63. The van der Waals surface area contributed by atoms with Gasteiger partial charge in [-0.25, -0.2) is 0 Å². The lowest BCUT2D eigenvalue weighted by Crippen LogP contribution is -2.27. The molecule has 1 aliphatic carbocycles. The van der Waals surface area contributed by atoms with E-state index < -0.39 is 5.60 Å². The Labute approximate surface area is 114 Å². The number of hydrogen-bond donors (Lipinski definition) is 1. The van der Waals surface area contributed by atoms with Crippen LogP contribution in [0.25, 0.3) is 0 Å². The number of hydrogen-bond acceptors (Lipinski definition) is 5. The Morgan fingerprint density at radius 1 is 1.32 bits per heavy atom. The summed E-state index contributed by atoms with van der Waals surface area (Å²) in [6.45, 7) is 6.72. The summed E-state index contributed by atoms with van der Waals surface area (Å²) in [6.07, 6.45) is 4.99. The standard InChI is InChI=1S/C14H25N3O2/c1-4-14(3,18-5-2)13-16-12(19-17-13)10-6-8-11(15)9-7-10/h10-11H,4-9,15H2,1-3H3. The van der Waals surface area contributed by atoms with Crippen LogP contribution in [0.5, 0.6) is 0 Å². The first kappa shape index (κ1) is 14.5. The zero-order chi connectivity index (χ0) is 13.9. The van der Waals surface area contributed by atoms with Gasteiger partial charge in [0.05, 0.1) is 0 Å². The molecule has 1 fully saturated rings. The Morgan fingerprint density at radius 2 is 2.00 bits per heavy atom. The number of nitrogens with zero attached hydrogens (tertiary/aromatic N) is 2. The molecule has 1 aliphatic rings. The molecular weight excluding hydrogens is 242 g/mol. The second kappa shape index (κ2) is 6.01. The van der Waals surface area contributed by atoms with E-state index in [1.807, 2.05) is 13.8 Å². The quantitative estimate of drug-likeness (QED) is 0.887. The molecule has 0 amide bonds. The minimum atomic E-state index is -0.443. The molecule has 2 rings (SSSR count). The highest BCUT2D eigenvalue weighted by Gasteiger charge is 2.33. The number of ether oxygens (including phenoxy) is 1. The van der Waals surface area contributed by atoms with Crippen LogP contribution >= 0.6 is 0 Å². The Hall–Kier alpha value is -0.940. The van der Waals surface area contributed by atoms with Gasteiger partial charge in [-0.15, -0.1) is 0 Å². The minimum Gasteiger partial charge on any atom is -0.367 e. The third-order valence-corrected chi connectivity index (χ3v) is 4.17. The predicted molar refractivity (Wildman–Crippen MR) is 72.8 cm³/mol. The maximum atomic E-state index is 5.92. The third-order valence-electron chi connectivity index (χ3n) is 4.17. The van der Waals surface area contributed by atoms with Crippen molar-refractivity contribution >= 4 is 0 Å². The van der Waals surface area contributed by atoms with Crippen LogP contribution in [-0.2, 0) is 10.3 Å². The molecule has 0 aromatic carbocycles. The van der Waals surface area contributed by atoms with Crippen molar-refractivity contribution < 1.29 is 9.26 Å². The van der Waals surface area contributed by atoms with E-state index in [0.29, 0.717) is 24.4 Å². The highest BCUT2D eigenvalue weighted by molar-refractivity contribution is 5.03. The van der Waals surface area contributed by atoms with Gasteiger partial charge in [0.25, 0.3) is 0 Å². The maximum Gasteiger partial charge on any atom is 0.229 e. The van der Waals surface area contributed by atoms with Gasteiger partial charge in [0.15, 0.2) is 0 Å². The van der Waals surface area contributed by atoms with Gasteiger partial charge in [0.1, 0.15) is 5.60 Å². The van der Waals surface area contributed by atoms with E-state index in [0.717, 1.165) is 38.0 Å². The molecule has 1 saturated carbocycles. The predicted octanol–water partition coefficient (Wildman–Crippen LogP) is 2.72. The van der Waals surface area contributed by atoms with Gasteiger partial charge in [-0.1, -0.05) is 12.1 Å². The minimum absolute atomic E-state index is 0.336. The van der Waals surface area contributed by atoms with Gasteiger partial charge in [0, 0.05) is 18.6 Å². The van der Waals surface area contributed by atoms with Crippen molar-refractivity contribution in [3.63, 3.8) is 0 Å². The van der Waals surface area contributed by atoms with Crippen LogP contribution < -0.4 is 5.73 Å². The summed E-state index contributed by atoms with van der Waals surface area (Å²) in [5, 5.41) is 4.13. The molecule has 1 atom stereocenters. The molecule has 2 N–H and O–H groups in total. The van der Waals surface area contributed by atoms with Crippen LogP contribution in [0.3, 0.4) is 0 Å². The van der Waals surface area contributed by atoms with Crippen LogP contribution in [0.2, 0.25) is 0 Å². The zero-order valence-electron chi connectivity index (χ0n) is 12.2. The summed E-state index contributed by atoms with van der Waals surface area (Å²) in [7, 11) is 0. The summed E-state index contributed by atoms with van der Waals surface area (Å²) >= 11 is 0. The van der Waals surface area contributed by atoms with Crippen LogP contribution in [0, 0.1) is 0 Å². The molecular formula is C14H25N3O2. The second-order valence-electron chi connectivity index (χ2n) is 5.59. The summed E-state index contributed by atoms with van der Waals surface area (Å²) in [5.41, 5.74) is 5.48. The van der Waals surface area contributed by atoms with Gasteiger partial charge in [-0.05, 0) is 46.0 Å². The lowest BCUT2D eigenvalue weighted by molar-refractivity contribution is -0.0403. The molecule has 1 unspecified atom stereocenters. The van der Waals surface area contributed by atoms with E-state index >= 15 is 0 Å². The van der Waals surface area contributed by atoms with Crippen molar-refractivity contribution in [2.75, 3.05) is 6.61 Å². The van der Waals surface area contributed by atoms with E-state index in [9.17, 15) is 0 Å². The number of nitrogens with two attached hydrogens (primary N) is 1. The molecule has 108 valence electrons. The van der Waals surface area contributed by atoms with Crippen LogP contribution in [-0.4, -0.2) is 22.8 Å². The van der Waals surface area contributed by atoms with Gasteiger partial charge in [-0.3, -0.25) is 0 Å². The summed E-state index contributed by atoms with van der Waals surface area (Å²) in [4.78, 5) is 4.58. The molecule has 0 spiro atoms. The molecule has 5 nitrogen and oxygen atoms in total. The molecule has 1 heterocycles. The van der Waals surface area contributed by atoms with E-state index in [-0.39, 0.29) is 0 Å². The SMILES string of the molecule is CCOC(C)(CC)c1noc(C2CCC(N)CC2)n1. The topological polar surface area (TPSA) is 74.2 Å². The van der Waals surface area contributed by atoms with E-state index in [2.05, 4.69) is 17.1 Å². The molecule has 5 heteroatoms. The Bertz CT molecular complexity index is 399. The number of aromatic nitrogens is 2. The molecule has 0 aliphatic heterocycles. The zero-order valence-corrected chi connectivity index (χ0v) is 12.2. The lowest BCUT2D eigenvalue weighted by Gasteiger charge is -2.24. The van der Waals surface area contributed by atoms with Crippen molar-refractivity contribution in [1.29, 1.82) is 0 Å².